The fourth-order valence-corrected chi connectivity index (χ4v) is 3.49. The minimum Gasteiger partial charge on any atom is -0.384 e. The number of anilines is 1. The molecule has 0 aliphatic carbocycles. The molecule has 2 aromatic carbocycles. The minimum absolute atomic E-state index is 0.0755. The van der Waals surface area contributed by atoms with Gasteiger partial charge in [0.2, 0.25) is 0 Å². The van der Waals surface area contributed by atoms with Crippen LogP contribution in [0.1, 0.15) is 29.7 Å². The molecule has 2 unspecified atom stereocenters. The molecule has 122 valence electrons. The monoisotopic (exact) mass is 330 g/mol. The van der Waals surface area contributed by atoms with Crippen LogP contribution in [-0.4, -0.2) is 19.7 Å². The molecule has 2 N–H and O–H groups in total. The van der Waals surface area contributed by atoms with Gasteiger partial charge in [0, 0.05) is 42.5 Å². The van der Waals surface area contributed by atoms with Gasteiger partial charge in [-0.15, -0.1) is 0 Å². The van der Waals surface area contributed by atoms with Gasteiger partial charge in [0.15, 0.2) is 0 Å². The Morgan fingerprint density at radius 1 is 1.22 bits per heavy atom. The van der Waals surface area contributed by atoms with E-state index in [1.54, 1.807) is 7.11 Å². The zero-order valence-electron chi connectivity index (χ0n) is 13.6. The number of fused-ring (bicyclic) bond motifs is 1. The lowest BCUT2D eigenvalue weighted by atomic mass is 10.0. The Bertz CT molecular complexity index is 674. The second-order valence-corrected chi connectivity index (χ2v) is 6.38. The van der Waals surface area contributed by atoms with Crippen LogP contribution in [0.4, 0.5) is 5.69 Å². The number of halogens is 1. The molecule has 0 fully saturated rings. The lowest BCUT2D eigenvalue weighted by molar-refractivity contribution is 0.0730. The Labute approximate surface area is 143 Å². The molecule has 4 heteroatoms. The quantitative estimate of drug-likeness (QED) is 0.833. The van der Waals surface area contributed by atoms with E-state index in [4.69, 9.17) is 16.3 Å². The van der Waals surface area contributed by atoms with Crippen molar-refractivity contribution in [1.29, 1.82) is 0 Å². The Morgan fingerprint density at radius 3 is 2.83 bits per heavy atom. The van der Waals surface area contributed by atoms with Crippen molar-refractivity contribution in [3.8, 4) is 0 Å². The van der Waals surface area contributed by atoms with Crippen LogP contribution < -0.4 is 10.6 Å². The first-order chi connectivity index (χ1) is 11.2. The predicted octanol–water partition coefficient (Wildman–Crippen LogP) is 4.17. The zero-order valence-corrected chi connectivity index (χ0v) is 14.4. The molecule has 3 nitrogen and oxygen atoms in total. The molecule has 1 aliphatic rings. The van der Waals surface area contributed by atoms with Gasteiger partial charge in [-0.2, -0.15) is 0 Å². The second kappa shape index (κ2) is 7.35. The largest absolute Gasteiger partial charge is 0.384 e. The molecule has 1 heterocycles. The molecule has 2 atom stereocenters. The fraction of sp³-hybridized carbons (Fsp3) is 0.368. The number of hydrogen-bond acceptors (Lipinski definition) is 3. The van der Waals surface area contributed by atoms with Crippen molar-refractivity contribution in [2.45, 2.75) is 32.0 Å². The van der Waals surface area contributed by atoms with Crippen molar-refractivity contribution in [2.75, 3.05) is 19.0 Å². The third kappa shape index (κ3) is 3.52. The Morgan fingerprint density at radius 2 is 2.04 bits per heavy atom. The summed E-state index contributed by atoms with van der Waals surface area (Å²) in [5.74, 6) is 0. The average molecular weight is 331 g/mol. The summed E-state index contributed by atoms with van der Waals surface area (Å²) in [6.07, 6.45) is 1.03. The van der Waals surface area contributed by atoms with Crippen molar-refractivity contribution in [2.24, 2.45) is 0 Å². The summed E-state index contributed by atoms with van der Waals surface area (Å²) in [7, 11) is 1.73. The first kappa shape index (κ1) is 16.3. The molecular weight excluding hydrogens is 308 g/mol. The van der Waals surface area contributed by atoms with Crippen LogP contribution in [0.25, 0.3) is 0 Å². The van der Waals surface area contributed by atoms with E-state index in [2.05, 4.69) is 35.8 Å². The van der Waals surface area contributed by atoms with Crippen molar-refractivity contribution in [3.63, 3.8) is 0 Å². The van der Waals surface area contributed by atoms with E-state index in [1.807, 2.05) is 24.3 Å². The van der Waals surface area contributed by atoms with Gasteiger partial charge in [0.05, 0.1) is 6.10 Å². The van der Waals surface area contributed by atoms with Crippen LogP contribution >= 0.6 is 11.6 Å². The van der Waals surface area contributed by atoms with Crippen molar-refractivity contribution in [1.82, 2.24) is 5.32 Å². The maximum absolute atomic E-state index is 6.32. The lowest BCUT2D eigenvalue weighted by Gasteiger charge is -2.25. The molecule has 0 saturated carbocycles. The normalized spacial score (nSPS) is 15.8. The number of ether oxygens (including phenoxy) is 1. The van der Waals surface area contributed by atoms with Crippen molar-refractivity contribution in [3.05, 3.63) is 64.2 Å². The van der Waals surface area contributed by atoms with Gasteiger partial charge in [-0.05, 0) is 30.5 Å². The van der Waals surface area contributed by atoms with Crippen LogP contribution in [0.5, 0.6) is 0 Å². The maximum Gasteiger partial charge on any atom is 0.0985 e. The van der Waals surface area contributed by atoms with Gasteiger partial charge < -0.3 is 15.4 Å². The van der Waals surface area contributed by atoms with Crippen LogP contribution in [0.3, 0.4) is 0 Å². The summed E-state index contributed by atoms with van der Waals surface area (Å²) in [5.41, 5.74) is 5.03. The molecule has 0 spiro atoms. The first-order valence-electron chi connectivity index (χ1n) is 8.06. The standard InChI is InChI=1S/C19H23ClN2O/c1-13(19(23-2)16-8-3-4-9-17(16)20)22-12-15-7-5-6-14-10-11-21-18(14)15/h3-9,13,19,21-22H,10-12H2,1-2H3. The number of rotatable bonds is 6. The Hall–Kier alpha value is -1.55. The van der Waals surface area contributed by atoms with E-state index in [0.717, 1.165) is 30.1 Å². The van der Waals surface area contributed by atoms with Crippen molar-refractivity contribution < 1.29 is 4.74 Å². The highest BCUT2D eigenvalue weighted by Crippen LogP contribution is 2.29. The van der Waals surface area contributed by atoms with E-state index >= 15 is 0 Å². The van der Waals surface area contributed by atoms with E-state index in [9.17, 15) is 0 Å². The summed E-state index contributed by atoms with van der Waals surface area (Å²) in [5, 5.41) is 7.81. The molecule has 0 amide bonds. The number of para-hydroxylation sites is 1. The molecule has 3 rings (SSSR count). The van der Waals surface area contributed by atoms with Crippen LogP contribution in [-0.2, 0) is 17.7 Å². The summed E-state index contributed by atoms with van der Waals surface area (Å²) >= 11 is 6.32. The molecule has 1 aliphatic heterocycles. The Kier molecular flexibility index (Phi) is 5.21. The first-order valence-corrected chi connectivity index (χ1v) is 8.43. The second-order valence-electron chi connectivity index (χ2n) is 5.98. The van der Waals surface area contributed by atoms with Gasteiger partial charge in [-0.3, -0.25) is 0 Å². The third-order valence-corrected chi connectivity index (χ3v) is 4.81. The van der Waals surface area contributed by atoms with Gasteiger partial charge in [0.25, 0.3) is 0 Å². The molecule has 2 aromatic rings. The van der Waals surface area contributed by atoms with Crippen LogP contribution in [0.2, 0.25) is 5.02 Å². The molecule has 0 saturated heterocycles. The highest BCUT2D eigenvalue weighted by atomic mass is 35.5. The van der Waals surface area contributed by atoms with E-state index in [1.165, 1.54) is 16.8 Å². The fourth-order valence-electron chi connectivity index (χ4n) is 3.24. The smallest absolute Gasteiger partial charge is 0.0985 e. The van der Waals surface area contributed by atoms with E-state index < -0.39 is 0 Å². The van der Waals surface area contributed by atoms with Gasteiger partial charge in [-0.25, -0.2) is 0 Å². The minimum atomic E-state index is -0.0755. The van der Waals surface area contributed by atoms with E-state index in [-0.39, 0.29) is 12.1 Å². The molecule has 0 bridgehead atoms. The number of methoxy groups -OCH3 is 1. The summed E-state index contributed by atoms with van der Waals surface area (Å²) < 4.78 is 5.70. The number of benzene rings is 2. The average Bonchev–Trinajstić information content (AvgIpc) is 3.04. The predicted molar refractivity (Wildman–Crippen MR) is 96.1 cm³/mol. The SMILES string of the molecule is COC(c1ccccc1Cl)C(C)NCc1cccc2c1NCC2. The number of hydrogen-bond donors (Lipinski definition) is 2. The number of nitrogens with one attached hydrogen (secondary N) is 2. The molecule has 0 radical (unpaired) electrons. The van der Waals surface area contributed by atoms with Gasteiger partial charge in [-0.1, -0.05) is 48.0 Å². The summed E-state index contributed by atoms with van der Waals surface area (Å²) in [6, 6.07) is 14.5. The molecule has 23 heavy (non-hydrogen) atoms. The summed E-state index contributed by atoms with van der Waals surface area (Å²) in [6.45, 7) is 3.97. The van der Waals surface area contributed by atoms with Crippen molar-refractivity contribution >= 4 is 17.3 Å². The molecule has 0 aromatic heterocycles. The van der Waals surface area contributed by atoms with Gasteiger partial charge in [0.1, 0.15) is 0 Å². The Balaban J connectivity index is 1.70. The zero-order chi connectivity index (χ0) is 16.2. The molecular formula is C19H23ClN2O. The maximum atomic E-state index is 6.32. The lowest BCUT2D eigenvalue weighted by Crippen LogP contribution is -2.33. The van der Waals surface area contributed by atoms with Crippen LogP contribution in [0, 0.1) is 0 Å². The third-order valence-electron chi connectivity index (χ3n) is 4.47. The topological polar surface area (TPSA) is 33.3 Å². The van der Waals surface area contributed by atoms with Crippen LogP contribution in [0.15, 0.2) is 42.5 Å². The highest BCUT2D eigenvalue weighted by molar-refractivity contribution is 6.31. The van der Waals surface area contributed by atoms with E-state index in [0.29, 0.717) is 0 Å². The highest BCUT2D eigenvalue weighted by Gasteiger charge is 2.21. The van der Waals surface area contributed by atoms with Gasteiger partial charge >= 0.3 is 0 Å². The summed E-state index contributed by atoms with van der Waals surface area (Å²) in [4.78, 5) is 0.